The Kier molecular flexibility index (Phi) is 6.31. The van der Waals surface area contributed by atoms with Crippen molar-refractivity contribution in [2.24, 2.45) is 0 Å². The summed E-state index contributed by atoms with van der Waals surface area (Å²) >= 11 is 0. The minimum Gasteiger partial charge on any atom is -0.497 e. The fraction of sp³-hybridized carbons (Fsp3) is 0.238. The number of aromatic nitrogens is 3. The Morgan fingerprint density at radius 2 is 1.70 bits per heavy atom. The maximum absolute atomic E-state index is 13.1. The average Bonchev–Trinajstić information content (AvgIpc) is 2.77. The molecule has 9 nitrogen and oxygen atoms in total. The molecule has 0 radical (unpaired) electrons. The molecule has 1 aromatic heterocycles. The van der Waals surface area contributed by atoms with Gasteiger partial charge in [-0.15, -0.1) is 0 Å². The monoisotopic (exact) mass is 410 g/mol. The molecule has 3 aromatic rings. The molecule has 0 fully saturated rings. The van der Waals surface area contributed by atoms with E-state index < -0.39 is 17.2 Å². The van der Waals surface area contributed by atoms with Gasteiger partial charge in [-0.2, -0.15) is 9.78 Å². The van der Waals surface area contributed by atoms with Crippen LogP contribution >= 0.6 is 0 Å². The van der Waals surface area contributed by atoms with Crippen molar-refractivity contribution < 1.29 is 14.3 Å². The SMILES string of the molecule is CCNC(=O)c1nn(-c2cccc(OC)c2)c(=O)n(Cc2cccc(OC)c2)c1=O. The average molecular weight is 410 g/mol. The Hall–Kier alpha value is -3.88. The van der Waals surface area contributed by atoms with Gasteiger partial charge in [0.2, 0.25) is 5.69 Å². The molecule has 2 aromatic carbocycles. The van der Waals surface area contributed by atoms with E-state index in [9.17, 15) is 14.4 Å². The molecule has 0 aliphatic rings. The number of hydrogen-bond acceptors (Lipinski definition) is 6. The lowest BCUT2D eigenvalue weighted by molar-refractivity contribution is 0.0946. The zero-order chi connectivity index (χ0) is 21.7. The van der Waals surface area contributed by atoms with Crippen molar-refractivity contribution in [3.63, 3.8) is 0 Å². The van der Waals surface area contributed by atoms with Gasteiger partial charge in [0.25, 0.3) is 11.5 Å². The molecular formula is C21H22N4O5. The standard InChI is InChI=1S/C21H22N4O5/c1-4-22-19(26)18-20(27)24(13-14-7-5-9-16(11-14)29-2)21(28)25(23-18)15-8-6-10-17(12-15)30-3/h5-12H,4,13H2,1-3H3,(H,22,26). The number of nitrogens with zero attached hydrogens (tertiary/aromatic N) is 3. The fourth-order valence-corrected chi connectivity index (χ4v) is 2.90. The normalized spacial score (nSPS) is 10.5. The van der Waals surface area contributed by atoms with Crippen molar-refractivity contribution >= 4 is 5.91 Å². The number of nitrogens with one attached hydrogen (secondary N) is 1. The molecule has 0 aliphatic carbocycles. The predicted octanol–water partition coefficient (Wildman–Crippen LogP) is 1.21. The molecule has 1 heterocycles. The number of carbonyl (C=O) groups is 1. The van der Waals surface area contributed by atoms with E-state index in [2.05, 4.69) is 10.4 Å². The van der Waals surface area contributed by atoms with Gasteiger partial charge in [-0.25, -0.2) is 4.79 Å². The second kappa shape index (κ2) is 9.08. The van der Waals surface area contributed by atoms with Crippen LogP contribution in [-0.2, 0) is 6.54 Å². The lowest BCUT2D eigenvalue weighted by atomic mass is 10.2. The van der Waals surface area contributed by atoms with Crippen molar-refractivity contribution in [2.45, 2.75) is 13.5 Å². The quantitative estimate of drug-likeness (QED) is 0.628. The highest BCUT2D eigenvalue weighted by Gasteiger charge is 2.20. The number of amides is 1. The molecule has 156 valence electrons. The summed E-state index contributed by atoms with van der Waals surface area (Å²) in [6.07, 6.45) is 0. The predicted molar refractivity (Wildman–Crippen MR) is 111 cm³/mol. The minimum atomic E-state index is -0.770. The van der Waals surface area contributed by atoms with Gasteiger partial charge in [-0.05, 0) is 36.8 Å². The molecule has 30 heavy (non-hydrogen) atoms. The Labute approximate surface area is 172 Å². The van der Waals surface area contributed by atoms with Crippen molar-refractivity contribution in [2.75, 3.05) is 20.8 Å². The Balaban J connectivity index is 2.21. The van der Waals surface area contributed by atoms with Gasteiger partial charge in [0.15, 0.2) is 0 Å². The van der Waals surface area contributed by atoms with Gasteiger partial charge < -0.3 is 14.8 Å². The van der Waals surface area contributed by atoms with E-state index in [1.807, 2.05) is 0 Å². The first-order valence-electron chi connectivity index (χ1n) is 9.28. The van der Waals surface area contributed by atoms with Crippen LogP contribution < -0.4 is 26.0 Å². The summed E-state index contributed by atoms with van der Waals surface area (Å²) < 4.78 is 12.4. The number of rotatable bonds is 7. The molecule has 0 saturated heterocycles. The van der Waals surface area contributed by atoms with E-state index in [-0.39, 0.29) is 12.2 Å². The van der Waals surface area contributed by atoms with E-state index in [1.165, 1.54) is 14.2 Å². The zero-order valence-electron chi connectivity index (χ0n) is 16.9. The number of carbonyl (C=O) groups excluding carboxylic acids is 1. The van der Waals surface area contributed by atoms with Crippen LogP contribution in [0.25, 0.3) is 5.69 Å². The van der Waals surface area contributed by atoms with Crippen molar-refractivity contribution in [1.82, 2.24) is 19.7 Å². The molecule has 0 atom stereocenters. The Morgan fingerprint density at radius 1 is 1.03 bits per heavy atom. The summed E-state index contributed by atoms with van der Waals surface area (Å²) in [5.74, 6) is 0.441. The largest absolute Gasteiger partial charge is 0.497 e. The molecular weight excluding hydrogens is 388 g/mol. The Bertz CT molecular complexity index is 1180. The number of benzene rings is 2. The lowest BCUT2D eigenvalue weighted by Crippen LogP contribution is -2.46. The summed E-state index contributed by atoms with van der Waals surface area (Å²) in [6, 6.07) is 13.6. The third-order valence-electron chi connectivity index (χ3n) is 4.38. The molecule has 3 rings (SSSR count). The zero-order valence-corrected chi connectivity index (χ0v) is 16.9. The third-order valence-corrected chi connectivity index (χ3v) is 4.38. The summed E-state index contributed by atoms with van der Waals surface area (Å²) in [4.78, 5) is 38.5. The number of methoxy groups -OCH3 is 2. The van der Waals surface area contributed by atoms with E-state index >= 15 is 0 Å². The smallest absolute Gasteiger partial charge is 0.352 e. The minimum absolute atomic E-state index is 0.0479. The first-order valence-corrected chi connectivity index (χ1v) is 9.28. The van der Waals surface area contributed by atoms with Crippen LogP contribution in [-0.4, -0.2) is 41.0 Å². The van der Waals surface area contributed by atoms with Gasteiger partial charge >= 0.3 is 5.69 Å². The Morgan fingerprint density at radius 3 is 2.37 bits per heavy atom. The number of hydrogen-bond donors (Lipinski definition) is 1. The van der Waals surface area contributed by atoms with Gasteiger partial charge in [-0.3, -0.25) is 14.2 Å². The molecule has 0 unspecified atom stereocenters. The topological polar surface area (TPSA) is 104 Å². The molecule has 0 aliphatic heterocycles. The van der Waals surface area contributed by atoms with Crippen LogP contribution in [0.2, 0.25) is 0 Å². The molecule has 0 saturated carbocycles. The van der Waals surface area contributed by atoms with Crippen LogP contribution in [0.15, 0.2) is 58.1 Å². The molecule has 1 N–H and O–H groups in total. The molecule has 9 heteroatoms. The summed E-state index contributed by atoms with van der Waals surface area (Å²) in [7, 11) is 3.03. The summed E-state index contributed by atoms with van der Waals surface area (Å²) in [5.41, 5.74) is -0.790. The van der Waals surface area contributed by atoms with Crippen molar-refractivity contribution in [3.05, 3.63) is 80.6 Å². The number of ether oxygens (including phenoxy) is 2. The van der Waals surface area contributed by atoms with Crippen LogP contribution in [0.4, 0.5) is 0 Å². The van der Waals surface area contributed by atoms with E-state index in [1.54, 1.807) is 55.5 Å². The van der Waals surface area contributed by atoms with Gasteiger partial charge in [0, 0.05) is 12.6 Å². The van der Waals surface area contributed by atoms with Crippen molar-refractivity contribution in [3.8, 4) is 17.2 Å². The van der Waals surface area contributed by atoms with E-state index in [0.717, 1.165) is 9.25 Å². The highest BCUT2D eigenvalue weighted by atomic mass is 16.5. The van der Waals surface area contributed by atoms with Gasteiger partial charge in [-0.1, -0.05) is 18.2 Å². The lowest BCUT2D eigenvalue weighted by Gasteiger charge is -2.13. The van der Waals surface area contributed by atoms with E-state index in [4.69, 9.17) is 9.47 Å². The van der Waals surface area contributed by atoms with Crippen molar-refractivity contribution in [1.29, 1.82) is 0 Å². The first kappa shape index (κ1) is 20.8. The second-order valence-electron chi connectivity index (χ2n) is 6.35. The maximum atomic E-state index is 13.1. The summed E-state index contributed by atoms with van der Waals surface area (Å²) in [6.45, 7) is 1.99. The second-order valence-corrected chi connectivity index (χ2v) is 6.35. The van der Waals surface area contributed by atoms with Crippen LogP contribution in [0, 0.1) is 0 Å². The van der Waals surface area contributed by atoms with Crippen LogP contribution in [0.1, 0.15) is 23.0 Å². The van der Waals surface area contributed by atoms with Gasteiger partial charge in [0.05, 0.1) is 26.5 Å². The van der Waals surface area contributed by atoms with Crippen LogP contribution in [0.5, 0.6) is 11.5 Å². The third kappa shape index (κ3) is 4.24. The maximum Gasteiger partial charge on any atom is 0.352 e. The highest BCUT2D eigenvalue weighted by Crippen LogP contribution is 2.15. The molecule has 1 amide bonds. The highest BCUT2D eigenvalue weighted by molar-refractivity contribution is 5.91. The fourth-order valence-electron chi connectivity index (χ4n) is 2.90. The van der Waals surface area contributed by atoms with Gasteiger partial charge in [0.1, 0.15) is 11.5 Å². The van der Waals surface area contributed by atoms with E-state index in [0.29, 0.717) is 29.3 Å². The van der Waals surface area contributed by atoms with Crippen LogP contribution in [0.3, 0.4) is 0 Å². The summed E-state index contributed by atoms with van der Waals surface area (Å²) in [5, 5.41) is 6.61. The first-order chi connectivity index (χ1) is 14.5. The molecule has 0 spiro atoms. The molecule has 0 bridgehead atoms.